The number of methoxy groups -OCH3 is 1. The third-order valence-electron chi connectivity index (χ3n) is 3.98. The van der Waals surface area contributed by atoms with Crippen molar-refractivity contribution in [2.24, 2.45) is 10.8 Å². The van der Waals surface area contributed by atoms with Gasteiger partial charge in [0.25, 0.3) is 0 Å². The molecule has 0 aliphatic rings. The number of nitrogens with zero attached hydrogens (tertiary/aromatic N) is 1. The lowest BCUT2D eigenvalue weighted by molar-refractivity contribution is -0.113. The van der Waals surface area contributed by atoms with Crippen LogP contribution in [0.2, 0.25) is 0 Å². The van der Waals surface area contributed by atoms with E-state index in [-0.39, 0.29) is 40.7 Å². The number of carbonyl (C=O) groups is 3. The quantitative estimate of drug-likeness (QED) is 0.211. The summed E-state index contributed by atoms with van der Waals surface area (Å²) >= 11 is 0. The highest BCUT2D eigenvalue weighted by Crippen LogP contribution is 2.26. The number of hydrogen-bond donors (Lipinski definition) is 4. The molecule has 0 saturated heterocycles. The molecule has 5 N–H and O–H groups in total. The van der Waals surface area contributed by atoms with E-state index in [1.165, 1.54) is 43.5 Å². The van der Waals surface area contributed by atoms with E-state index in [4.69, 9.17) is 10.5 Å². The number of phenols is 2. The van der Waals surface area contributed by atoms with Crippen molar-refractivity contribution >= 4 is 36.0 Å². The van der Waals surface area contributed by atoms with E-state index < -0.39 is 6.03 Å². The number of aromatic hydroxyl groups is 2. The number of aldehydes is 1. The highest BCUT2D eigenvalue weighted by atomic mass is 16.5. The first-order valence-electron chi connectivity index (χ1n) is 8.98. The van der Waals surface area contributed by atoms with Crippen LogP contribution in [0, 0.1) is 0 Å². The van der Waals surface area contributed by atoms with Crippen LogP contribution >= 0.6 is 0 Å². The van der Waals surface area contributed by atoms with Crippen LogP contribution in [0.25, 0.3) is 12.2 Å². The molecule has 0 aliphatic heterocycles. The number of hydrogen-bond acceptors (Lipinski definition) is 7. The standard InChI is InChI=1S/C22H21N3O6/c1-31-21-11-15(5-9-20(21)29)2-6-17(24-25-22(23)30)12-18(27)7-3-14-4-8-19(28)16(10-14)13-26/h2-11,13,28-29H,12H2,1H3,(H3,23,25,30)/b6-2+,7-3+,24-17+. The summed E-state index contributed by atoms with van der Waals surface area (Å²) in [6, 6.07) is 8.13. The maximum Gasteiger partial charge on any atom is 0.332 e. The minimum Gasteiger partial charge on any atom is -0.507 e. The third-order valence-corrected chi connectivity index (χ3v) is 3.98. The van der Waals surface area contributed by atoms with Crippen molar-refractivity contribution in [1.29, 1.82) is 0 Å². The van der Waals surface area contributed by atoms with E-state index in [1.807, 2.05) is 0 Å². The molecule has 0 aromatic heterocycles. The van der Waals surface area contributed by atoms with Crippen LogP contribution in [-0.2, 0) is 4.79 Å². The van der Waals surface area contributed by atoms with Crippen LogP contribution in [0.3, 0.4) is 0 Å². The molecule has 0 heterocycles. The lowest BCUT2D eigenvalue weighted by atomic mass is 10.1. The van der Waals surface area contributed by atoms with E-state index in [1.54, 1.807) is 24.3 Å². The summed E-state index contributed by atoms with van der Waals surface area (Å²) in [5.41, 5.74) is 8.66. The van der Waals surface area contributed by atoms with Crippen LogP contribution in [0.15, 0.2) is 53.7 Å². The molecule has 31 heavy (non-hydrogen) atoms. The SMILES string of the molecule is COc1cc(/C=C/C(CC(=O)/C=C/c2ccc(O)c(C=O)c2)=N\NC(N)=O)ccc1O. The van der Waals surface area contributed by atoms with Gasteiger partial charge < -0.3 is 20.7 Å². The Labute approximate surface area is 178 Å². The highest BCUT2D eigenvalue weighted by molar-refractivity contribution is 6.13. The van der Waals surface area contributed by atoms with Crippen molar-refractivity contribution in [3.05, 3.63) is 65.2 Å². The number of nitrogens with one attached hydrogen (secondary N) is 1. The minimum absolute atomic E-state index is 0.0174. The van der Waals surface area contributed by atoms with Gasteiger partial charge in [-0.1, -0.05) is 24.3 Å². The van der Waals surface area contributed by atoms with Gasteiger partial charge in [-0.25, -0.2) is 10.2 Å². The van der Waals surface area contributed by atoms with Crippen LogP contribution in [0.1, 0.15) is 27.9 Å². The molecule has 9 nitrogen and oxygen atoms in total. The van der Waals surface area contributed by atoms with Gasteiger partial charge >= 0.3 is 6.03 Å². The summed E-state index contributed by atoms with van der Waals surface area (Å²) in [6.07, 6.45) is 6.27. The van der Waals surface area contributed by atoms with E-state index in [0.29, 0.717) is 17.4 Å². The molecule has 9 heteroatoms. The number of ether oxygens (including phenoxy) is 1. The first kappa shape index (κ1) is 22.9. The lowest BCUT2D eigenvalue weighted by Gasteiger charge is -2.04. The molecule has 2 rings (SSSR count). The maximum atomic E-state index is 12.3. The van der Waals surface area contributed by atoms with Crippen molar-refractivity contribution in [2.75, 3.05) is 7.11 Å². The van der Waals surface area contributed by atoms with E-state index in [9.17, 15) is 24.6 Å². The van der Waals surface area contributed by atoms with Crippen LogP contribution in [-0.4, -0.2) is 41.1 Å². The van der Waals surface area contributed by atoms with Gasteiger partial charge in [-0.15, -0.1) is 0 Å². The normalized spacial score (nSPS) is 11.6. The fourth-order valence-electron chi connectivity index (χ4n) is 2.45. The Balaban J connectivity index is 2.16. The molecule has 0 unspecified atom stereocenters. The van der Waals surface area contributed by atoms with Crippen molar-refractivity contribution in [3.63, 3.8) is 0 Å². The summed E-state index contributed by atoms with van der Waals surface area (Å²) in [4.78, 5) is 34.2. The average molecular weight is 423 g/mol. The largest absolute Gasteiger partial charge is 0.507 e. The molecule has 2 amide bonds. The summed E-state index contributed by atoms with van der Waals surface area (Å²) < 4.78 is 5.05. The number of benzene rings is 2. The lowest BCUT2D eigenvalue weighted by Crippen LogP contribution is -2.25. The fraction of sp³-hybridized carbons (Fsp3) is 0.0909. The second-order valence-electron chi connectivity index (χ2n) is 6.26. The Morgan fingerprint density at radius 3 is 2.35 bits per heavy atom. The molecule has 160 valence electrons. The number of nitrogens with two attached hydrogens (primary N) is 1. The predicted molar refractivity (Wildman–Crippen MR) is 116 cm³/mol. The van der Waals surface area contributed by atoms with Crippen molar-refractivity contribution in [3.8, 4) is 17.2 Å². The zero-order valence-electron chi connectivity index (χ0n) is 16.6. The third kappa shape index (κ3) is 7.17. The van der Waals surface area contributed by atoms with Gasteiger partial charge in [0.15, 0.2) is 23.6 Å². The first-order chi connectivity index (χ1) is 14.8. The molecular formula is C22H21N3O6. The number of primary amides is 1. The number of hydrazone groups is 1. The number of allylic oxidation sites excluding steroid dienone is 2. The fourth-order valence-corrected chi connectivity index (χ4v) is 2.45. The number of ketones is 1. The van der Waals surface area contributed by atoms with Crippen LogP contribution in [0.5, 0.6) is 17.2 Å². The molecule has 0 atom stereocenters. The van der Waals surface area contributed by atoms with Crippen molar-refractivity contribution in [1.82, 2.24) is 5.43 Å². The second-order valence-corrected chi connectivity index (χ2v) is 6.26. The average Bonchev–Trinajstić information content (AvgIpc) is 2.75. The highest BCUT2D eigenvalue weighted by Gasteiger charge is 2.06. The van der Waals surface area contributed by atoms with Gasteiger partial charge in [0, 0.05) is 0 Å². The minimum atomic E-state index is -0.884. The van der Waals surface area contributed by atoms with Crippen LogP contribution < -0.4 is 15.9 Å². The van der Waals surface area contributed by atoms with E-state index in [2.05, 4.69) is 10.5 Å². The number of carbonyl (C=O) groups excluding carboxylic acids is 3. The summed E-state index contributed by atoms with van der Waals surface area (Å²) in [5.74, 6) is -0.227. The summed E-state index contributed by atoms with van der Waals surface area (Å²) in [5, 5.41) is 23.0. The monoisotopic (exact) mass is 423 g/mol. The smallest absolute Gasteiger partial charge is 0.332 e. The number of phenolic OH excluding ortho intramolecular Hbond substituents is 2. The van der Waals surface area contributed by atoms with Crippen molar-refractivity contribution < 1.29 is 29.3 Å². The molecule has 2 aromatic rings. The summed E-state index contributed by atoms with van der Waals surface area (Å²) in [6.45, 7) is 0. The number of rotatable bonds is 9. The molecule has 0 fully saturated rings. The Morgan fingerprint density at radius 2 is 1.71 bits per heavy atom. The van der Waals surface area contributed by atoms with E-state index >= 15 is 0 Å². The maximum absolute atomic E-state index is 12.3. The number of amides is 2. The van der Waals surface area contributed by atoms with Gasteiger partial charge in [0.05, 0.1) is 24.8 Å². The van der Waals surface area contributed by atoms with Gasteiger partial charge in [-0.3, -0.25) is 9.59 Å². The molecule has 0 radical (unpaired) electrons. The summed E-state index contributed by atoms with van der Waals surface area (Å²) in [7, 11) is 1.42. The zero-order valence-corrected chi connectivity index (χ0v) is 16.6. The molecular weight excluding hydrogens is 402 g/mol. The van der Waals surface area contributed by atoms with Crippen molar-refractivity contribution in [2.45, 2.75) is 6.42 Å². The van der Waals surface area contributed by atoms with Crippen LogP contribution in [0.4, 0.5) is 4.79 Å². The second kappa shape index (κ2) is 11.0. The Kier molecular flexibility index (Phi) is 8.09. The first-order valence-corrected chi connectivity index (χ1v) is 8.98. The molecule has 0 spiro atoms. The Morgan fingerprint density at radius 1 is 1.06 bits per heavy atom. The molecule has 0 aliphatic carbocycles. The van der Waals surface area contributed by atoms with Gasteiger partial charge in [0.2, 0.25) is 0 Å². The molecule has 2 aromatic carbocycles. The topological polar surface area (TPSA) is 151 Å². The predicted octanol–water partition coefficient (Wildman–Crippen LogP) is 2.63. The Bertz CT molecular complexity index is 1070. The molecule has 0 saturated carbocycles. The number of urea groups is 1. The van der Waals surface area contributed by atoms with Gasteiger partial charge in [0.1, 0.15) is 5.75 Å². The zero-order chi connectivity index (χ0) is 22.8. The van der Waals surface area contributed by atoms with E-state index in [0.717, 1.165) is 0 Å². The van der Waals surface area contributed by atoms with Gasteiger partial charge in [-0.05, 0) is 47.5 Å². The van der Waals surface area contributed by atoms with Gasteiger partial charge in [-0.2, -0.15) is 5.10 Å². The molecule has 0 bridgehead atoms. The Hall–Kier alpha value is -4.40.